The first kappa shape index (κ1) is 44.2. The predicted molar refractivity (Wildman–Crippen MR) is 297 cm³/mol. The Morgan fingerprint density at radius 1 is 0.406 bits per heavy atom. The lowest BCUT2D eigenvalue weighted by atomic mass is 9.28. The van der Waals surface area contributed by atoms with Crippen LogP contribution < -0.4 is 31.1 Å². The number of anilines is 8. The summed E-state index contributed by atoms with van der Waals surface area (Å²) in [5.41, 5.74) is 25.1. The first-order valence-corrected chi connectivity index (χ1v) is 25.9. The summed E-state index contributed by atoms with van der Waals surface area (Å²) >= 11 is 0. The number of hydrogen-bond donors (Lipinski definition) is 0. The number of hydrogen-bond acceptors (Lipinski definition) is 3. The average Bonchev–Trinajstić information content (AvgIpc) is 3.52. The molecule has 2 unspecified atom stereocenters. The Labute approximate surface area is 413 Å². The summed E-state index contributed by atoms with van der Waals surface area (Å²) in [6.45, 7) is 31.4. The summed E-state index contributed by atoms with van der Waals surface area (Å²) < 4.78 is 0. The maximum absolute atomic E-state index is 2.82. The summed E-state index contributed by atoms with van der Waals surface area (Å²) in [5.74, 6) is 0. The van der Waals surface area contributed by atoms with Gasteiger partial charge in [0, 0.05) is 56.3 Å². The van der Waals surface area contributed by atoms with Crippen LogP contribution in [0, 0.1) is 0 Å². The number of benzene rings is 7. The van der Waals surface area contributed by atoms with Crippen molar-refractivity contribution in [1.82, 2.24) is 0 Å². The number of fused-ring (bicyclic) bond motifs is 3. The third-order valence-electron chi connectivity index (χ3n) is 17.8. The van der Waals surface area contributed by atoms with Crippen LogP contribution >= 0.6 is 0 Å². The minimum absolute atomic E-state index is 0.0404. The van der Waals surface area contributed by atoms with Crippen LogP contribution in [-0.2, 0) is 27.1 Å². The largest absolute Gasteiger partial charge is 0.334 e. The molecule has 4 heterocycles. The van der Waals surface area contributed by atoms with E-state index in [4.69, 9.17) is 0 Å². The fraction of sp³-hybridized carbons (Fsp3) is 0.354. The molecule has 0 spiro atoms. The lowest BCUT2D eigenvalue weighted by Gasteiger charge is -2.52. The molecule has 348 valence electrons. The molecule has 7 aromatic rings. The van der Waals surface area contributed by atoms with Crippen molar-refractivity contribution in [2.24, 2.45) is 0 Å². The van der Waals surface area contributed by atoms with Crippen LogP contribution in [0.1, 0.15) is 149 Å². The molecule has 1 fully saturated rings. The molecule has 4 heteroatoms. The monoisotopic (exact) mass is 904 g/mol. The Kier molecular flexibility index (Phi) is 9.32. The fourth-order valence-corrected chi connectivity index (χ4v) is 13.7. The van der Waals surface area contributed by atoms with E-state index in [2.05, 4.69) is 244 Å². The van der Waals surface area contributed by atoms with Gasteiger partial charge >= 0.3 is 0 Å². The zero-order valence-electron chi connectivity index (χ0n) is 43.5. The van der Waals surface area contributed by atoms with Gasteiger partial charge in [-0.3, -0.25) is 0 Å². The van der Waals surface area contributed by atoms with Crippen LogP contribution in [0.2, 0.25) is 0 Å². The Morgan fingerprint density at radius 2 is 0.957 bits per heavy atom. The fourth-order valence-electron chi connectivity index (χ4n) is 13.7. The van der Waals surface area contributed by atoms with E-state index in [1.807, 2.05) is 0 Å². The molecular weight excluding hydrogens is 834 g/mol. The van der Waals surface area contributed by atoms with Crippen molar-refractivity contribution >= 4 is 68.6 Å². The van der Waals surface area contributed by atoms with Gasteiger partial charge in [-0.2, -0.15) is 0 Å². The van der Waals surface area contributed by atoms with E-state index in [0.29, 0.717) is 0 Å². The lowest BCUT2D eigenvalue weighted by Crippen LogP contribution is -2.67. The van der Waals surface area contributed by atoms with Crippen LogP contribution in [0.25, 0.3) is 11.1 Å². The van der Waals surface area contributed by atoms with Gasteiger partial charge < -0.3 is 14.7 Å². The highest BCUT2D eigenvalue weighted by atomic mass is 15.3. The van der Waals surface area contributed by atoms with Gasteiger partial charge in [0.15, 0.2) is 0 Å². The normalized spacial score (nSPS) is 20.7. The molecule has 0 N–H and O–H groups in total. The van der Waals surface area contributed by atoms with Gasteiger partial charge in [-0.05, 0) is 158 Å². The molecule has 1 saturated carbocycles. The number of rotatable bonds is 4. The summed E-state index contributed by atoms with van der Waals surface area (Å²) in [6.07, 6.45) is 4.76. The van der Waals surface area contributed by atoms with Crippen molar-refractivity contribution in [3.8, 4) is 11.1 Å². The van der Waals surface area contributed by atoms with E-state index in [-0.39, 0.29) is 39.3 Å². The van der Waals surface area contributed by atoms with Gasteiger partial charge in [-0.1, -0.05) is 175 Å². The molecule has 0 aromatic heterocycles. The number of nitrogens with zero attached hydrogens (tertiary/aromatic N) is 3. The van der Waals surface area contributed by atoms with Crippen molar-refractivity contribution in [1.29, 1.82) is 0 Å². The molecule has 5 aliphatic rings. The van der Waals surface area contributed by atoms with E-state index in [1.165, 1.54) is 126 Å². The van der Waals surface area contributed by atoms with Crippen LogP contribution in [0.15, 0.2) is 140 Å². The first-order valence-electron chi connectivity index (χ1n) is 25.9. The highest BCUT2D eigenvalue weighted by Gasteiger charge is 2.59. The standard InChI is InChI=1S/C65H70BN3/c1-60(2,3)43-28-30-46(31-29-43)67-53-25-19-23-49-57(53)66-58-50(63(49,10)11)24-20-26-54(58)68(47-37-44(61(4,5)6)36-45(38-47)62(7,8)9)56-40-48(39-55(67)59(56)66)69-52-32-27-42(41-21-15-14-16-22-41)35-51(52)64(12)33-17-18-34-65(64,69)13/h14-16,19-32,35-40H,17-18,33-34H2,1-13H3. The third-order valence-corrected chi connectivity index (χ3v) is 17.8. The SMILES string of the molecule is CC(C)(C)c1ccc(N2c3cc(N4c5ccc(-c6ccccc6)cc5C5(C)CCCCC45C)cc4c3B3c5c2cccc5C(C)(C)c2cccc(c23)N4c2cc(C(C)(C)C)cc(C(C)(C)C)c2)cc1. The van der Waals surface area contributed by atoms with Crippen molar-refractivity contribution < 1.29 is 0 Å². The lowest BCUT2D eigenvalue weighted by molar-refractivity contribution is 0.195. The topological polar surface area (TPSA) is 9.72 Å². The molecular formula is C65H70BN3. The molecule has 4 aliphatic heterocycles. The van der Waals surface area contributed by atoms with E-state index in [1.54, 1.807) is 0 Å². The summed E-state index contributed by atoms with van der Waals surface area (Å²) in [4.78, 5) is 8.18. The highest BCUT2D eigenvalue weighted by Crippen LogP contribution is 2.62. The maximum atomic E-state index is 2.82. The van der Waals surface area contributed by atoms with Gasteiger partial charge in [0.25, 0.3) is 6.71 Å². The van der Waals surface area contributed by atoms with Crippen LogP contribution in [0.3, 0.4) is 0 Å². The molecule has 69 heavy (non-hydrogen) atoms. The molecule has 2 atom stereocenters. The molecule has 12 rings (SSSR count). The van der Waals surface area contributed by atoms with Gasteiger partial charge in [0.1, 0.15) is 0 Å². The molecule has 0 saturated heterocycles. The quantitative estimate of drug-likeness (QED) is 0.163. The Balaban J connectivity index is 1.21. The molecule has 1 aliphatic carbocycles. The predicted octanol–water partition coefficient (Wildman–Crippen LogP) is 15.7. The van der Waals surface area contributed by atoms with E-state index >= 15 is 0 Å². The smallest absolute Gasteiger partial charge is 0.252 e. The average molecular weight is 904 g/mol. The van der Waals surface area contributed by atoms with E-state index in [9.17, 15) is 0 Å². The van der Waals surface area contributed by atoms with Crippen molar-refractivity contribution in [3.63, 3.8) is 0 Å². The Morgan fingerprint density at radius 3 is 1.52 bits per heavy atom. The highest BCUT2D eigenvalue weighted by molar-refractivity contribution is 7.01. The molecule has 3 nitrogen and oxygen atoms in total. The summed E-state index contributed by atoms with van der Waals surface area (Å²) in [6, 6.07) is 55.1. The summed E-state index contributed by atoms with van der Waals surface area (Å²) in [7, 11) is 0. The Hall–Kier alpha value is -6.00. The van der Waals surface area contributed by atoms with Crippen LogP contribution in [-0.4, -0.2) is 12.3 Å². The molecule has 0 bridgehead atoms. The van der Waals surface area contributed by atoms with Crippen LogP contribution in [0.4, 0.5) is 45.5 Å². The van der Waals surface area contributed by atoms with E-state index < -0.39 is 0 Å². The van der Waals surface area contributed by atoms with Gasteiger partial charge in [0.2, 0.25) is 0 Å². The molecule has 0 radical (unpaired) electrons. The van der Waals surface area contributed by atoms with Crippen LogP contribution in [0.5, 0.6) is 0 Å². The second kappa shape index (κ2) is 14.5. The zero-order chi connectivity index (χ0) is 48.4. The van der Waals surface area contributed by atoms with E-state index in [0.717, 1.165) is 6.42 Å². The second-order valence-electron chi connectivity index (χ2n) is 25.4. The van der Waals surface area contributed by atoms with Gasteiger partial charge in [0.05, 0.1) is 5.54 Å². The third kappa shape index (κ3) is 6.25. The Bertz CT molecular complexity index is 3220. The second-order valence-corrected chi connectivity index (χ2v) is 25.4. The van der Waals surface area contributed by atoms with Crippen molar-refractivity contribution in [2.75, 3.05) is 14.7 Å². The van der Waals surface area contributed by atoms with Crippen molar-refractivity contribution in [2.45, 2.75) is 148 Å². The molecule has 0 amide bonds. The molecule has 7 aromatic carbocycles. The van der Waals surface area contributed by atoms with Gasteiger partial charge in [-0.15, -0.1) is 0 Å². The zero-order valence-corrected chi connectivity index (χ0v) is 43.5. The summed E-state index contributed by atoms with van der Waals surface area (Å²) in [5, 5.41) is 0. The minimum Gasteiger partial charge on any atom is -0.334 e. The van der Waals surface area contributed by atoms with Gasteiger partial charge in [-0.25, -0.2) is 0 Å². The first-order chi connectivity index (χ1) is 32.6. The minimum atomic E-state index is -0.211. The maximum Gasteiger partial charge on any atom is 0.252 e. The van der Waals surface area contributed by atoms with Crippen molar-refractivity contribution in [3.05, 3.63) is 173 Å².